The molecule has 0 aromatic heterocycles. The van der Waals surface area contributed by atoms with E-state index in [2.05, 4.69) is 4.74 Å². The molecule has 0 amide bonds. The van der Waals surface area contributed by atoms with Gasteiger partial charge in [0, 0.05) is 5.88 Å². The second-order valence-electron chi connectivity index (χ2n) is 2.33. The first-order valence-corrected chi connectivity index (χ1v) is 3.95. The molecule has 1 aromatic rings. The fourth-order valence-electron chi connectivity index (χ4n) is 0.826. The Kier molecular flexibility index (Phi) is 3.03. The molecule has 13 heavy (non-hydrogen) atoms. The topological polar surface area (TPSA) is 9.23 Å². The van der Waals surface area contributed by atoms with Gasteiger partial charge in [-0.15, -0.1) is 24.8 Å². The summed E-state index contributed by atoms with van der Waals surface area (Å²) in [4.78, 5) is 0. The summed E-state index contributed by atoms with van der Waals surface area (Å²) in [5, 5.41) is 0. The van der Waals surface area contributed by atoms with Gasteiger partial charge in [-0.25, -0.2) is 0 Å². The van der Waals surface area contributed by atoms with Gasteiger partial charge in [0.05, 0.1) is 0 Å². The lowest BCUT2D eigenvalue weighted by atomic mass is 10.2. The fraction of sp³-hybridized carbons (Fsp3) is 0.250. The van der Waals surface area contributed by atoms with Gasteiger partial charge >= 0.3 is 6.36 Å². The number of rotatable bonds is 2. The third-order valence-electron chi connectivity index (χ3n) is 1.29. The maximum atomic E-state index is 11.7. The van der Waals surface area contributed by atoms with E-state index in [1.54, 1.807) is 6.07 Å². The Balaban J connectivity index is 2.78. The van der Waals surface area contributed by atoms with Crippen LogP contribution < -0.4 is 4.74 Å². The fourth-order valence-corrected chi connectivity index (χ4v) is 0.992. The zero-order valence-electron chi connectivity index (χ0n) is 6.44. The largest absolute Gasteiger partial charge is 0.573 e. The molecule has 0 aliphatic heterocycles. The van der Waals surface area contributed by atoms with Crippen molar-refractivity contribution in [2.45, 2.75) is 12.2 Å². The Hall–Kier alpha value is -0.900. The molecule has 0 unspecified atom stereocenters. The highest BCUT2D eigenvalue weighted by Crippen LogP contribution is 2.23. The Morgan fingerprint density at radius 2 is 2.00 bits per heavy atom. The van der Waals surface area contributed by atoms with Crippen molar-refractivity contribution in [3.63, 3.8) is 0 Å². The van der Waals surface area contributed by atoms with Crippen LogP contribution in [0, 0.1) is 0 Å². The van der Waals surface area contributed by atoms with Crippen LogP contribution in [-0.2, 0) is 5.88 Å². The third kappa shape index (κ3) is 3.55. The summed E-state index contributed by atoms with van der Waals surface area (Å²) in [7, 11) is 0. The lowest BCUT2D eigenvalue weighted by Gasteiger charge is -2.08. The first-order chi connectivity index (χ1) is 6.01. The maximum Gasteiger partial charge on any atom is 0.573 e. The van der Waals surface area contributed by atoms with Crippen LogP contribution in [0.4, 0.5) is 13.2 Å². The van der Waals surface area contributed by atoms with Crippen molar-refractivity contribution in [3.8, 4) is 5.75 Å². The minimum absolute atomic E-state index is 0.162. The molecular formula is C8H6ClF3O. The summed E-state index contributed by atoms with van der Waals surface area (Å²) in [6.45, 7) is 0. The van der Waals surface area contributed by atoms with Crippen LogP contribution in [0.2, 0.25) is 0 Å². The van der Waals surface area contributed by atoms with E-state index >= 15 is 0 Å². The monoisotopic (exact) mass is 210 g/mol. The molecule has 0 radical (unpaired) electrons. The molecule has 0 aliphatic carbocycles. The van der Waals surface area contributed by atoms with Gasteiger partial charge in [-0.2, -0.15) is 0 Å². The van der Waals surface area contributed by atoms with E-state index in [1.165, 1.54) is 18.2 Å². The predicted octanol–water partition coefficient (Wildman–Crippen LogP) is 3.32. The SMILES string of the molecule is FC(F)(F)Oc1cccc(CCl)c1. The van der Waals surface area contributed by atoms with E-state index in [1.807, 2.05) is 0 Å². The van der Waals surface area contributed by atoms with Gasteiger partial charge in [-0.05, 0) is 17.7 Å². The van der Waals surface area contributed by atoms with Crippen molar-refractivity contribution >= 4 is 11.6 Å². The standard InChI is InChI=1S/C8H6ClF3O/c9-5-6-2-1-3-7(4-6)13-8(10,11)12/h1-4H,5H2. The molecule has 1 nitrogen and oxygen atoms in total. The van der Waals surface area contributed by atoms with Crippen molar-refractivity contribution in [2.75, 3.05) is 0 Å². The molecule has 0 saturated carbocycles. The summed E-state index contributed by atoms with van der Waals surface area (Å²) in [5.74, 6) is -0.0830. The minimum atomic E-state index is -4.65. The van der Waals surface area contributed by atoms with E-state index < -0.39 is 6.36 Å². The molecule has 0 aliphatic rings. The molecule has 1 aromatic carbocycles. The van der Waals surface area contributed by atoms with Crippen LogP contribution >= 0.6 is 11.6 Å². The van der Waals surface area contributed by atoms with Crippen LogP contribution in [-0.4, -0.2) is 6.36 Å². The van der Waals surface area contributed by atoms with E-state index in [0.29, 0.717) is 5.56 Å². The smallest absolute Gasteiger partial charge is 0.406 e. The summed E-state index contributed by atoms with van der Waals surface area (Å²) >= 11 is 5.43. The van der Waals surface area contributed by atoms with Gasteiger partial charge < -0.3 is 4.74 Å². The molecular weight excluding hydrogens is 205 g/mol. The van der Waals surface area contributed by atoms with Crippen molar-refractivity contribution in [1.82, 2.24) is 0 Å². The molecule has 0 atom stereocenters. The van der Waals surface area contributed by atoms with Gasteiger partial charge in [-0.3, -0.25) is 0 Å². The third-order valence-corrected chi connectivity index (χ3v) is 1.59. The second kappa shape index (κ2) is 3.87. The quantitative estimate of drug-likeness (QED) is 0.681. The zero-order valence-corrected chi connectivity index (χ0v) is 7.19. The van der Waals surface area contributed by atoms with Gasteiger partial charge in [0.25, 0.3) is 0 Å². The normalized spacial score (nSPS) is 11.4. The van der Waals surface area contributed by atoms with Crippen LogP contribution in [0.1, 0.15) is 5.56 Å². The van der Waals surface area contributed by atoms with E-state index in [9.17, 15) is 13.2 Å². The highest BCUT2D eigenvalue weighted by Gasteiger charge is 2.30. The lowest BCUT2D eigenvalue weighted by Crippen LogP contribution is -2.17. The van der Waals surface area contributed by atoms with E-state index in [-0.39, 0.29) is 11.6 Å². The highest BCUT2D eigenvalue weighted by atomic mass is 35.5. The Morgan fingerprint density at radius 1 is 1.31 bits per heavy atom. The van der Waals surface area contributed by atoms with E-state index in [0.717, 1.165) is 0 Å². The van der Waals surface area contributed by atoms with Crippen molar-refractivity contribution in [1.29, 1.82) is 0 Å². The van der Waals surface area contributed by atoms with Crippen molar-refractivity contribution in [2.24, 2.45) is 0 Å². The van der Waals surface area contributed by atoms with Crippen LogP contribution in [0.25, 0.3) is 0 Å². The molecule has 0 N–H and O–H groups in total. The van der Waals surface area contributed by atoms with Gasteiger partial charge in [-0.1, -0.05) is 12.1 Å². The molecule has 0 bridgehead atoms. The summed E-state index contributed by atoms with van der Waals surface area (Å²) < 4.78 is 38.9. The number of ether oxygens (including phenoxy) is 1. The molecule has 5 heteroatoms. The molecule has 1 rings (SSSR count). The molecule has 72 valence electrons. The molecule has 0 spiro atoms. The molecule has 0 heterocycles. The van der Waals surface area contributed by atoms with Crippen LogP contribution in [0.3, 0.4) is 0 Å². The average Bonchev–Trinajstić information content (AvgIpc) is 2.01. The van der Waals surface area contributed by atoms with E-state index in [4.69, 9.17) is 11.6 Å². The Morgan fingerprint density at radius 3 is 2.54 bits per heavy atom. The molecule has 0 fully saturated rings. The van der Waals surface area contributed by atoms with Crippen LogP contribution in [0.15, 0.2) is 24.3 Å². The number of hydrogen-bond donors (Lipinski definition) is 0. The zero-order chi connectivity index (χ0) is 9.90. The number of benzene rings is 1. The first kappa shape index (κ1) is 10.2. The van der Waals surface area contributed by atoms with Gasteiger partial charge in [0.15, 0.2) is 0 Å². The average molecular weight is 211 g/mol. The Labute approximate surface area is 78.1 Å². The number of hydrogen-bond acceptors (Lipinski definition) is 1. The second-order valence-corrected chi connectivity index (χ2v) is 2.60. The first-order valence-electron chi connectivity index (χ1n) is 3.42. The Bertz CT molecular complexity index is 285. The maximum absolute atomic E-state index is 11.7. The minimum Gasteiger partial charge on any atom is -0.406 e. The van der Waals surface area contributed by atoms with Crippen molar-refractivity contribution in [3.05, 3.63) is 29.8 Å². The lowest BCUT2D eigenvalue weighted by molar-refractivity contribution is -0.274. The summed E-state index contributed by atoms with van der Waals surface area (Å²) in [6, 6.07) is 5.55. The van der Waals surface area contributed by atoms with Gasteiger partial charge in [0.2, 0.25) is 0 Å². The predicted molar refractivity (Wildman–Crippen MR) is 42.7 cm³/mol. The van der Waals surface area contributed by atoms with Gasteiger partial charge in [0.1, 0.15) is 5.75 Å². The van der Waals surface area contributed by atoms with Crippen molar-refractivity contribution < 1.29 is 17.9 Å². The molecule has 0 saturated heterocycles. The highest BCUT2D eigenvalue weighted by molar-refractivity contribution is 6.17. The number of halogens is 4. The summed E-state index contributed by atoms with van der Waals surface area (Å²) in [5.41, 5.74) is 0.586. The summed E-state index contributed by atoms with van der Waals surface area (Å²) in [6.07, 6.45) is -4.65. The number of alkyl halides is 4. The van der Waals surface area contributed by atoms with Crippen LogP contribution in [0.5, 0.6) is 5.75 Å².